The highest BCUT2D eigenvalue weighted by atomic mass is 16.4. The molecule has 1 aromatic heterocycles. The van der Waals surface area contributed by atoms with E-state index in [1.54, 1.807) is 12.1 Å². The van der Waals surface area contributed by atoms with Crippen molar-refractivity contribution in [2.45, 2.75) is 19.3 Å². The Hall–Kier alpha value is -2.09. The Morgan fingerprint density at radius 1 is 1.65 bits per heavy atom. The predicted octanol–water partition coefficient (Wildman–Crippen LogP) is 1.62. The maximum atomic E-state index is 11.1. The standard InChI is InChI=1S/C12H13N3O2/c13-7-10-6-9(2-5-14-10)15-8-12(11(16)17)3-1-4-12/h2,5-6H,1,3-4,8H2,(H,14,15)(H,16,17). The summed E-state index contributed by atoms with van der Waals surface area (Å²) < 4.78 is 0. The van der Waals surface area contributed by atoms with Gasteiger partial charge in [0.1, 0.15) is 11.8 Å². The lowest BCUT2D eigenvalue weighted by Gasteiger charge is -2.37. The van der Waals surface area contributed by atoms with Crippen LogP contribution in [0.2, 0.25) is 0 Å². The molecule has 0 aromatic carbocycles. The lowest BCUT2D eigenvalue weighted by molar-refractivity contribution is -0.153. The molecule has 0 unspecified atom stereocenters. The predicted molar refractivity (Wildman–Crippen MR) is 61.4 cm³/mol. The van der Waals surface area contributed by atoms with E-state index in [-0.39, 0.29) is 0 Å². The van der Waals surface area contributed by atoms with Gasteiger partial charge in [0.2, 0.25) is 0 Å². The first-order chi connectivity index (χ1) is 8.16. The summed E-state index contributed by atoms with van der Waals surface area (Å²) in [6.07, 6.45) is 3.93. The first-order valence-electron chi connectivity index (χ1n) is 5.50. The molecule has 5 heteroatoms. The Balaban J connectivity index is 2.02. The minimum Gasteiger partial charge on any atom is -0.481 e. The molecule has 88 valence electrons. The SMILES string of the molecule is N#Cc1cc(NCC2(C(=O)O)CCC2)ccn1. The number of hydrogen-bond donors (Lipinski definition) is 2. The van der Waals surface area contributed by atoms with Crippen LogP contribution in [-0.2, 0) is 4.79 Å². The number of carbonyl (C=O) groups is 1. The monoisotopic (exact) mass is 231 g/mol. The molecule has 0 bridgehead atoms. The Bertz CT molecular complexity index is 475. The smallest absolute Gasteiger partial charge is 0.311 e. The average molecular weight is 231 g/mol. The second-order valence-corrected chi connectivity index (χ2v) is 4.33. The molecule has 0 saturated heterocycles. The van der Waals surface area contributed by atoms with Crippen molar-refractivity contribution >= 4 is 11.7 Å². The summed E-state index contributed by atoms with van der Waals surface area (Å²) in [5.41, 5.74) is 0.438. The number of pyridine rings is 1. The van der Waals surface area contributed by atoms with Gasteiger partial charge in [0.15, 0.2) is 0 Å². The molecular formula is C12H13N3O2. The van der Waals surface area contributed by atoms with Crippen LogP contribution in [0.5, 0.6) is 0 Å². The zero-order valence-corrected chi connectivity index (χ0v) is 9.31. The van der Waals surface area contributed by atoms with Gasteiger partial charge in [0.05, 0.1) is 5.41 Å². The molecule has 0 aliphatic heterocycles. The first kappa shape index (κ1) is 11.4. The Morgan fingerprint density at radius 2 is 2.41 bits per heavy atom. The summed E-state index contributed by atoms with van der Waals surface area (Å²) in [6.45, 7) is 0.400. The summed E-state index contributed by atoms with van der Waals surface area (Å²) in [6, 6.07) is 5.30. The van der Waals surface area contributed by atoms with E-state index in [0.717, 1.165) is 12.1 Å². The van der Waals surface area contributed by atoms with Crippen LogP contribution in [-0.4, -0.2) is 22.6 Å². The van der Waals surface area contributed by atoms with Gasteiger partial charge < -0.3 is 10.4 Å². The van der Waals surface area contributed by atoms with Gasteiger partial charge in [0.25, 0.3) is 0 Å². The van der Waals surface area contributed by atoms with Crippen molar-refractivity contribution < 1.29 is 9.90 Å². The van der Waals surface area contributed by atoms with E-state index < -0.39 is 11.4 Å². The van der Waals surface area contributed by atoms with E-state index >= 15 is 0 Å². The number of nitrogens with one attached hydrogen (secondary N) is 1. The summed E-state index contributed by atoms with van der Waals surface area (Å²) in [5, 5.41) is 20.9. The number of aromatic nitrogens is 1. The van der Waals surface area contributed by atoms with Gasteiger partial charge in [0, 0.05) is 18.4 Å². The fourth-order valence-electron chi connectivity index (χ4n) is 1.94. The number of carboxylic acid groups (broad SMARTS) is 1. The first-order valence-corrected chi connectivity index (χ1v) is 5.50. The molecule has 2 N–H and O–H groups in total. The third kappa shape index (κ3) is 2.21. The third-order valence-electron chi connectivity index (χ3n) is 3.27. The fourth-order valence-corrected chi connectivity index (χ4v) is 1.94. The van der Waals surface area contributed by atoms with E-state index in [4.69, 9.17) is 10.4 Å². The average Bonchev–Trinajstić information content (AvgIpc) is 2.27. The second-order valence-electron chi connectivity index (χ2n) is 4.33. The van der Waals surface area contributed by atoms with Crippen LogP contribution in [0.25, 0.3) is 0 Å². The molecule has 1 fully saturated rings. The van der Waals surface area contributed by atoms with Gasteiger partial charge in [-0.15, -0.1) is 0 Å². The fraction of sp³-hybridized carbons (Fsp3) is 0.417. The number of anilines is 1. The number of nitriles is 1. The molecule has 5 nitrogen and oxygen atoms in total. The summed E-state index contributed by atoms with van der Waals surface area (Å²) in [7, 11) is 0. The van der Waals surface area contributed by atoms with E-state index in [1.165, 1.54) is 6.20 Å². The van der Waals surface area contributed by atoms with Crippen molar-refractivity contribution in [1.82, 2.24) is 4.98 Å². The molecule has 1 aliphatic rings. The van der Waals surface area contributed by atoms with E-state index in [2.05, 4.69) is 10.3 Å². The summed E-state index contributed by atoms with van der Waals surface area (Å²) in [4.78, 5) is 15.0. The number of carboxylic acids is 1. The van der Waals surface area contributed by atoms with Crippen LogP contribution in [0.15, 0.2) is 18.3 Å². The van der Waals surface area contributed by atoms with E-state index in [1.807, 2.05) is 6.07 Å². The number of nitrogens with zero attached hydrogens (tertiary/aromatic N) is 2. The lowest BCUT2D eigenvalue weighted by atomic mass is 9.69. The van der Waals surface area contributed by atoms with Crippen LogP contribution < -0.4 is 5.32 Å². The molecule has 2 rings (SSSR count). The molecule has 1 saturated carbocycles. The van der Waals surface area contributed by atoms with Gasteiger partial charge >= 0.3 is 5.97 Å². The number of rotatable bonds is 4. The van der Waals surface area contributed by atoms with Crippen LogP contribution in [0.1, 0.15) is 25.0 Å². The van der Waals surface area contributed by atoms with Crippen molar-refractivity contribution in [3.8, 4) is 6.07 Å². The van der Waals surface area contributed by atoms with Crippen molar-refractivity contribution in [3.63, 3.8) is 0 Å². The Labute approximate surface area is 99.1 Å². The highest BCUT2D eigenvalue weighted by Gasteiger charge is 2.44. The molecule has 17 heavy (non-hydrogen) atoms. The molecule has 0 atom stereocenters. The molecular weight excluding hydrogens is 218 g/mol. The minimum absolute atomic E-state index is 0.327. The second kappa shape index (κ2) is 4.42. The topological polar surface area (TPSA) is 86.0 Å². The van der Waals surface area contributed by atoms with Gasteiger partial charge in [-0.05, 0) is 25.0 Å². The van der Waals surface area contributed by atoms with Crippen molar-refractivity contribution in [1.29, 1.82) is 5.26 Å². The minimum atomic E-state index is -0.745. The van der Waals surface area contributed by atoms with Crippen LogP contribution in [0.4, 0.5) is 5.69 Å². The quantitative estimate of drug-likeness (QED) is 0.822. The Morgan fingerprint density at radius 3 is 2.94 bits per heavy atom. The number of hydrogen-bond acceptors (Lipinski definition) is 4. The highest BCUT2D eigenvalue weighted by Crippen LogP contribution is 2.41. The maximum Gasteiger partial charge on any atom is 0.311 e. The van der Waals surface area contributed by atoms with Crippen LogP contribution in [0.3, 0.4) is 0 Å². The summed E-state index contributed by atoms with van der Waals surface area (Å²) >= 11 is 0. The van der Waals surface area contributed by atoms with Crippen molar-refractivity contribution in [2.75, 3.05) is 11.9 Å². The zero-order valence-electron chi connectivity index (χ0n) is 9.31. The van der Waals surface area contributed by atoms with Gasteiger partial charge in [-0.2, -0.15) is 5.26 Å². The van der Waals surface area contributed by atoms with Crippen molar-refractivity contribution in [2.24, 2.45) is 5.41 Å². The number of aliphatic carboxylic acids is 1. The maximum absolute atomic E-state index is 11.1. The van der Waals surface area contributed by atoms with Crippen molar-refractivity contribution in [3.05, 3.63) is 24.0 Å². The van der Waals surface area contributed by atoms with E-state index in [9.17, 15) is 4.79 Å². The van der Waals surface area contributed by atoms with Crippen LogP contribution in [0, 0.1) is 16.7 Å². The molecule has 1 aromatic rings. The van der Waals surface area contributed by atoms with E-state index in [0.29, 0.717) is 25.1 Å². The molecule has 0 amide bonds. The molecule has 0 spiro atoms. The molecule has 1 heterocycles. The van der Waals surface area contributed by atoms with Gasteiger partial charge in [-0.1, -0.05) is 6.42 Å². The van der Waals surface area contributed by atoms with Crippen LogP contribution >= 0.6 is 0 Å². The highest BCUT2D eigenvalue weighted by molar-refractivity contribution is 5.76. The van der Waals surface area contributed by atoms with Gasteiger partial charge in [-0.25, -0.2) is 4.98 Å². The largest absolute Gasteiger partial charge is 0.481 e. The summed E-state index contributed by atoms with van der Waals surface area (Å²) in [5.74, 6) is -0.745. The molecule has 0 radical (unpaired) electrons. The van der Waals surface area contributed by atoms with Gasteiger partial charge in [-0.3, -0.25) is 4.79 Å². The lowest BCUT2D eigenvalue weighted by Crippen LogP contribution is -2.43. The third-order valence-corrected chi connectivity index (χ3v) is 3.27. The Kier molecular flexibility index (Phi) is 2.96. The zero-order chi connectivity index (χ0) is 12.3. The normalized spacial score (nSPS) is 16.6. The molecule has 1 aliphatic carbocycles.